The van der Waals surface area contributed by atoms with Crippen LogP contribution < -0.4 is 9.92 Å². The van der Waals surface area contributed by atoms with Crippen LogP contribution in [-0.4, -0.2) is 52.4 Å². The highest BCUT2D eigenvalue weighted by Crippen LogP contribution is 2.34. The number of fused-ring (bicyclic) bond motifs is 2. The molecule has 1 saturated heterocycles. The lowest BCUT2D eigenvalue weighted by Crippen LogP contribution is -2.55. The molecule has 0 radical (unpaired) electrons. The van der Waals surface area contributed by atoms with Crippen molar-refractivity contribution in [2.24, 2.45) is 0 Å². The molecule has 0 saturated carbocycles. The molecule has 0 bridgehead atoms. The maximum atomic E-state index is 6.08. The third kappa shape index (κ3) is 2.65. The third-order valence-electron chi connectivity index (χ3n) is 5.01. The van der Waals surface area contributed by atoms with Crippen LogP contribution in [0.15, 0.2) is 12.1 Å². The van der Waals surface area contributed by atoms with E-state index < -0.39 is 8.07 Å². The summed E-state index contributed by atoms with van der Waals surface area (Å²) in [6.45, 7) is 9.17. The summed E-state index contributed by atoms with van der Waals surface area (Å²) in [5.74, 6) is 1.06. The van der Waals surface area contributed by atoms with Crippen molar-refractivity contribution in [2.75, 3.05) is 27.3 Å². The summed E-state index contributed by atoms with van der Waals surface area (Å²) in [5.41, 5.74) is 2.95. The first-order valence-corrected chi connectivity index (χ1v) is 11.4. The topological polar surface area (TPSA) is 21.7 Å². The Hall–Kier alpha value is -0.843. The van der Waals surface area contributed by atoms with Crippen molar-refractivity contribution in [1.29, 1.82) is 0 Å². The Morgan fingerprint density at radius 2 is 1.95 bits per heavy atom. The number of hydrogen-bond acceptors (Lipinski definition) is 3. The van der Waals surface area contributed by atoms with Gasteiger partial charge in [0.15, 0.2) is 0 Å². The lowest BCUT2D eigenvalue weighted by atomic mass is 9.84. The maximum Gasteiger partial charge on any atom is 0.122 e. The molecule has 2 aliphatic rings. The quantitative estimate of drug-likeness (QED) is 0.781. The maximum absolute atomic E-state index is 6.08. The van der Waals surface area contributed by atoms with Gasteiger partial charge in [-0.15, -0.1) is 0 Å². The highest BCUT2D eigenvalue weighted by molar-refractivity contribution is 6.89. The van der Waals surface area contributed by atoms with Gasteiger partial charge in [-0.1, -0.05) is 30.9 Å². The molecule has 1 heterocycles. The van der Waals surface area contributed by atoms with Gasteiger partial charge in [0, 0.05) is 19.0 Å². The van der Waals surface area contributed by atoms with Crippen LogP contribution >= 0.6 is 0 Å². The average Bonchev–Trinajstić information content (AvgIpc) is 2.43. The molecule has 21 heavy (non-hydrogen) atoms. The Bertz CT molecular complexity index is 538. The SMILES string of the molecule is COc1ccc([Si](C)(C)C)c2c1CC1C(C2)OCCN1C. The Labute approximate surface area is 129 Å². The van der Waals surface area contributed by atoms with Crippen LogP contribution in [0.5, 0.6) is 5.75 Å². The summed E-state index contributed by atoms with van der Waals surface area (Å²) in [6, 6.07) is 4.98. The Morgan fingerprint density at radius 1 is 1.19 bits per heavy atom. The number of rotatable bonds is 2. The van der Waals surface area contributed by atoms with Gasteiger partial charge < -0.3 is 9.47 Å². The molecule has 0 aromatic heterocycles. The summed E-state index contributed by atoms with van der Waals surface area (Å²) in [4.78, 5) is 2.46. The van der Waals surface area contributed by atoms with Gasteiger partial charge in [-0.3, -0.25) is 4.90 Å². The van der Waals surface area contributed by atoms with Crippen LogP contribution in [0.3, 0.4) is 0 Å². The van der Waals surface area contributed by atoms with Gasteiger partial charge in [0.05, 0.1) is 27.9 Å². The molecule has 1 aliphatic heterocycles. The fraction of sp³-hybridized carbons (Fsp3) is 0.647. The average molecular weight is 305 g/mol. The Kier molecular flexibility index (Phi) is 3.88. The second-order valence-corrected chi connectivity index (χ2v) is 12.4. The highest BCUT2D eigenvalue weighted by Gasteiger charge is 2.38. The normalized spacial score (nSPS) is 26.1. The minimum Gasteiger partial charge on any atom is -0.496 e. The fourth-order valence-corrected chi connectivity index (χ4v) is 5.57. The zero-order chi connectivity index (χ0) is 15.2. The van der Waals surface area contributed by atoms with Crippen LogP contribution in [0, 0.1) is 0 Å². The van der Waals surface area contributed by atoms with Gasteiger partial charge in [-0.2, -0.15) is 0 Å². The van der Waals surface area contributed by atoms with Gasteiger partial charge in [-0.05, 0) is 30.7 Å². The zero-order valence-corrected chi connectivity index (χ0v) is 14.9. The van der Waals surface area contributed by atoms with E-state index in [0.717, 1.165) is 31.7 Å². The third-order valence-corrected chi connectivity index (χ3v) is 7.09. The van der Waals surface area contributed by atoms with Crippen LogP contribution in [0.25, 0.3) is 0 Å². The minimum atomic E-state index is -1.35. The van der Waals surface area contributed by atoms with Crippen LogP contribution in [0.1, 0.15) is 11.1 Å². The van der Waals surface area contributed by atoms with Crippen molar-refractivity contribution >= 4 is 13.3 Å². The van der Waals surface area contributed by atoms with Crippen LogP contribution in [0.2, 0.25) is 19.6 Å². The van der Waals surface area contributed by atoms with E-state index in [1.807, 2.05) is 0 Å². The van der Waals surface area contributed by atoms with E-state index in [0.29, 0.717) is 12.1 Å². The molecular weight excluding hydrogens is 278 g/mol. The summed E-state index contributed by atoms with van der Waals surface area (Å²) in [6.07, 6.45) is 2.44. The predicted octanol–water partition coefficient (Wildman–Crippen LogP) is 2.04. The van der Waals surface area contributed by atoms with E-state index in [-0.39, 0.29) is 0 Å². The molecule has 3 nitrogen and oxygen atoms in total. The van der Waals surface area contributed by atoms with Crippen molar-refractivity contribution in [2.45, 2.75) is 44.6 Å². The molecular formula is C17H27NO2Si. The molecule has 2 atom stereocenters. The van der Waals surface area contributed by atoms with Crippen molar-refractivity contribution in [1.82, 2.24) is 4.90 Å². The number of likely N-dealkylation sites (N-methyl/N-ethyl adjacent to an activating group) is 1. The first kappa shape index (κ1) is 15.1. The van der Waals surface area contributed by atoms with Crippen molar-refractivity contribution < 1.29 is 9.47 Å². The van der Waals surface area contributed by atoms with Crippen molar-refractivity contribution in [3.8, 4) is 5.75 Å². The van der Waals surface area contributed by atoms with Gasteiger partial charge in [-0.25, -0.2) is 0 Å². The lowest BCUT2D eigenvalue weighted by molar-refractivity contribution is -0.0644. The molecule has 0 N–H and O–H groups in total. The number of hydrogen-bond donors (Lipinski definition) is 0. The molecule has 4 heteroatoms. The standard InChI is InChI=1S/C17H27NO2Si/c1-18-8-9-20-16-11-13-12(10-14(16)18)15(19-2)6-7-17(13)21(3,4)5/h6-7,14,16H,8-11H2,1-5H3. The fourth-order valence-electron chi connectivity index (χ4n) is 3.82. The summed E-state index contributed by atoms with van der Waals surface area (Å²) < 4.78 is 11.7. The number of benzene rings is 1. The van der Waals surface area contributed by atoms with E-state index >= 15 is 0 Å². The molecule has 1 aliphatic carbocycles. The molecule has 0 spiro atoms. The van der Waals surface area contributed by atoms with E-state index in [2.05, 4.69) is 43.7 Å². The smallest absolute Gasteiger partial charge is 0.122 e. The molecule has 3 rings (SSSR count). The molecule has 1 aromatic carbocycles. The van der Waals surface area contributed by atoms with Gasteiger partial charge in [0.1, 0.15) is 5.75 Å². The van der Waals surface area contributed by atoms with E-state index in [1.165, 1.54) is 11.1 Å². The zero-order valence-electron chi connectivity index (χ0n) is 13.9. The monoisotopic (exact) mass is 305 g/mol. The van der Waals surface area contributed by atoms with E-state index in [4.69, 9.17) is 9.47 Å². The second kappa shape index (κ2) is 5.41. The second-order valence-electron chi connectivity index (χ2n) is 7.39. The van der Waals surface area contributed by atoms with Crippen molar-refractivity contribution in [3.05, 3.63) is 23.3 Å². The van der Waals surface area contributed by atoms with E-state index in [9.17, 15) is 0 Å². The summed E-state index contributed by atoms with van der Waals surface area (Å²) >= 11 is 0. The number of nitrogens with zero attached hydrogens (tertiary/aromatic N) is 1. The molecule has 1 aromatic rings. The Morgan fingerprint density at radius 3 is 2.62 bits per heavy atom. The molecule has 0 amide bonds. The molecule has 1 fully saturated rings. The summed E-state index contributed by atoms with van der Waals surface area (Å²) in [7, 11) is 2.66. The molecule has 116 valence electrons. The molecule has 2 unspecified atom stereocenters. The van der Waals surface area contributed by atoms with Crippen LogP contribution in [-0.2, 0) is 17.6 Å². The highest BCUT2D eigenvalue weighted by atomic mass is 28.3. The first-order valence-electron chi connectivity index (χ1n) is 7.93. The predicted molar refractivity (Wildman–Crippen MR) is 89.5 cm³/mol. The van der Waals surface area contributed by atoms with Crippen LogP contribution in [0.4, 0.5) is 0 Å². The lowest BCUT2D eigenvalue weighted by Gasteiger charge is -2.44. The van der Waals surface area contributed by atoms with Gasteiger partial charge in [0.25, 0.3) is 0 Å². The minimum absolute atomic E-state index is 0.346. The Balaban J connectivity index is 2.08. The largest absolute Gasteiger partial charge is 0.496 e. The van der Waals surface area contributed by atoms with E-state index in [1.54, 1.807) is 12.3 Å². The van der Waals surface area contributed by atoms with Crippen molar-refractivity contribution in [3.63, 3.8) is 0 Å². The number of ether oxygens (including phenoxy) is 2. The van der Waals surface area contributed by atoms with Gasteiger partial charge >= 0.3 is 0 Å². The summed E-state index contributed by atoms with van der Waals surface area (Å²) in [5, 5.41) is 1.58. The first-order chi connectivity index (χ1) is 9.91. The number of morpholine rings is 1. The van der Waals surface area contributed by atoms with Gasteiger partial charge in [0.2, 0.25) is 0 Å². The number of methoxy groups -OCH3 is 1.